The zero-order valence-corrected chi connectivity index (χ0v) is 10.5. The first-order valence-electron chi connectivity index (χ1n) is 6.02. The predicted molar refractivity (Wildman–Crippen MR) is 70.1 cm³/mol. The third-order valence-corrected chi connectivity index (χ3v) is 2.79. The fourth-order valence-corrected chi connectivity index (χ4v) is 1.74. The highest BCUT2D eigenvalue weighted by Crippen LogP contribution is 2.06. The molecule has 1 aromatic carbocycles. The Morgan fingerprint density at radius 2 is 2.15 bits per heavy atom. The average molecular weight is 275 g/mol. The highest BCUT2D eigenvalue weighted by Gasteiger charge is 2.17. The van der Waals surface area contributed by atoms with Crippen LogP contribution in [-0.4, -0.2) is 28.6 Å². The summed E-state index contributed by atoms with van der Waals surface area (Å²) in [5, 5.41) is 15.2. The molecule has 1 aromatic rings. The average Bonchev–Trinajstić information content (AvgIpc) is 2.46. The Hall–Kier alpha value is -2.70. The number of carboxylic acids is 1. The van der Waals surface area contributed by atoms with Gasteiger partial charge in [-0.2, -0.15) is 5.10 Å². The molecule has 7 nitrogen and oxygen atoms in total. The molecule has 0 fully saturated rings. The molecular weight excluding hydrogens is 262 g/mol. The van der Waals surface area contributed by atoms with Gasteiger partial charge < -0.3 is 10.4 Å². The van der Waals surface area contributed by atoms with Gasteiger partial charge in [0.25, 0.3) is 5.91 Å². The molecule has 1 aliphatic rings. The zero-order chi connectivity index (χ0) is 14.5. The van der Waals surface area contributed by atoms with Gasteiger partial charge in [0.15, 0.2) is 0 Å². The lowest BCUT2D eigenvalue weighted by Gasteiger charge is -2.12. The molecule has 0 unspecified atom stereocenters. The van der Waals surface area contributed by atoms with Gasteiger partial charge in [-0.1, -0.05) is 12.1 Å². The van der Waals surface area contributed by atoms with Gasteiger partial charge >= 0.3 is 5.97 Å². The second-order valence-electron chi connectivity index (χ2n) is 4.28. The topological polar surface area (TPSA) is 108 Å². The molecule has 0 aromatic heterocycles. The van der Waals surface area contributed by atoms with Crippen molar-refractivity contribution in [2.75, 3.05) is 0 Å². The van der Waals surface area contributed by atoms with Gasteiger partial charge in [-0.25, -0.2) is 10.2 Å². The van der Waals surface area contributed by atoms with Gasteiger partial charge in [0.2, 0.25) is 5.91 Å². The number of carbonyl (C=O) groups is 3. The molecule has 0 aliphatic carbocycles. The van der Waals surface area contributed by atoms with Crippen molar-refractivity contribution >= 4 is 23.5 Å². The van der Waals surface area contributed by atoms with Crippen molar-refractivity contribution in [3.8, 4) is 0 Å². The molecule has 0 radical (unpaired) electrons. The van der Waals surface area contributed by atoms with E-state index in [2.05, 4.69) is 15.8 Å². The molecule has 7 heteroatoms. The molecule has 1 aliphatic heterocycles. The Balaban J connectivity index is 1.95. The number of carboxylic acid groups (broad SMARTS) is 1. The molecule has 0 bridgehead atoms. The Bertz CT molecular complexity index is 595. The Morgan fingerprint density at radius 3 is 2.80 bits per heavy atom. The summed E-state index contributed by atoms with van der Waals surface area (Å²) in [7, 11) is 0. The first kappa shape index (κ1) is 13.7. The number of nitrogens with zero attached hydrogens (tertiary/aromatic N) is 1. The van der Waals surface area contributed by atoms with Crippen LogP contribution in [0.5, 0.6) is 0 Å². The first-order valence-corrected chi connectivity index (χ1v) is 6.02. The van der Waals surface area contributed by atoms with E-state index in [-0.39, 0.29) is 36.1 Å². The summed E-state index contributed by atoms with van der Waals surface area (Å²) in [5.74, 6) is -1.60. The number of amides is 2. The monoisotopic (exact) mass is 275 g/mol. The van der Waals surface area contributed by atoms with Crippen molar-refractivity contribution in [2.24, 2.45) is 5.10 Å². The summed E-state index contributed by atoms with van der Waals surface area (Å²) in [4.78, 5) is 33.5. The number of carbonyl (C=O) groups excluding carboxylic acids is 2. The largest absolute Gasteiger partial charge is 0.478 e. The van der Waals surface area contributed by atoms with Crippen molar-refractivity contribution in [1.29, 1.82) is 0 Å². The minimum atomic E-state index is -1.02. The fourth-order valence-electron chi connectivity index (χ4n) is 1.74. The molecule has 2 rings (SSSR count). The quantitative estimate of drug-likeness (QED) is 0.732. The van der Waals surface area contributed by atoms with Crippen LogP contribution in [0.4, 0.5) is 0 Å². The van der Waals surface area contributed by atoms with Crippen LogP contribution in [0.15, 0.2) is 29.4 Å². The van der Waals surface area contributed by atoms with Gasteiger partial charge in [0, 0.05) is 19.4 Å². The third-order valence-electron chi connectivity index (χ3n) is 2.79. The van der Waals surface area contributed by atoms with Crippen LogP contribution in [-0.2, 0) is 16.1 Å². The SMILES string of the molecule is O=C1CCC(C(=O)NCc2cccc(C(=O)O)c2)=NN1. The Labute approximate surface area is 114 Å². The smallest absolute Gasteiger partial charge is 0.335 e. The molecule has 1 heterocycles. The van der Waals surface area contributed by atoms with Crippen LogP contribution in [0.1, 0.15) is 28.8 Å². The van der Waals surface area contributed by atoms with E-state index in [0.29, 0.717) is 12.0 Å². The number of rotatable bonds is 4. The van der Waals surface area contributed by atoms with Gasteiger partial charge in [-0.05, 0) is 17.7 Å². The van der Waals surface area contributed by atoms with Gasteiger partial charge in [-0.3, -0.25) is 9.59 Å². The van der Waals surface area contributed by atoms with Crippen molar-refractivity contribution in [1.82, 2.24) is 10.7 Å². The lowest BCUT2D eigenvalue weighted by Crippen LogP contribution is -2.36. The second kappa shape index (κ2) is 5.96. The number of benzene rings is 1. The molecular formula is C13H13N3O4. The molecule has 104 valence electrons. The maximum atomic E-state index is 11.8. The summed E-state index contributed by atoms with van der Waals surface area (Å²) in [5.41, 5.74) is 3.35. The maximum absolute atomic E-state index is 11.8. The number of nitrogens with one attached hydrogen (secondary N) is 2. The van der Waals surface area contributed by atoms with E-state index in [1.54, 1.807) is 12.1 Å². The van der Waals surface area contributed by atoms with Crippen molar-refractivity contribution in [3.63, 3.8) is 0 Å². The standard InChI is InChI=1S/C13H13N3O4/c17-11-5-4-10(15-16-11)12(18)14-7-8-2-1-3-9(6-8)13(19)20/h1-3,6H,4-5,7H2,(H,14,18)(H,16,17)(H,19,20). The van der Waals surface area contributed by atoms with E-state index < -0.39 is 5.97 Å². The van der Waals surface area contributed by atoms with Gasteiger partial charge in [0.05, 0.1) is 5.56 Å². The van der Waals surface area contributed by atoms with Crippen LogP contribution in [0.2, 0.25) is 0 Å². The molecule has 3 N–H and O–H groups in total. The number of hydrogen-bond acceptors (Lipinski definition) is 4. The first-order chi connectivity index (χ1) is 9.56. The summed E-state index contributed by atoms with van der Waals surface area (Å²) in [6, 6.07) is 6.31. The summed E-state index contributed by atoms with van der Waals surface area (Å²) in [6.07, 6.45) is 0.535. The van der Waals surface area contributed by atoms with Gasteiger partial charge in [-0.15, -0.1) is 0 Å². The molecule has 0 atom stereocenters. The minimum absolute atomic E-state index is 0.166. The van der Waals surface area contributed by atoms with Crippen LogP contribution in [0.3, 0.4) is 0 Å². The van der Waals surface area contributed by atoms with Crippen molar-refractivity contribution in [3.05, 3.63) is 35.4 Å². The lowest BCUT2D eigenvalue weighted by atomic mass is 10.1. The Morgan fingerprint density at radius 1 is 1.35 bits per heavy atom. The zero-order valence-electron chi connectivity index (χ0n) is 10.5. The van der Waals surface area contributed by atoms with Crippen LogP contribution in [0.25, 0.3) is 0 Å². The lowest BCUT2D eigenvalue weighted by molar-refractivity contribution is -0.121. The molecule has 2 amide bonds. The molecule has 0 saturated heterocycles. The summed E-state index contributed by atoms with van der Waals surface area (Å²) >= 11 is 0. The minimum Gasteiger partial charge on any atom is -0.478 e. The third kappa shape index (κ3) is 3.41. The summed E-state index contributed by atoms with van der Waals surface area (Å²) < 4.78 is 0. The normalized spacial score (nSPS) is 14.2. The number of aromatic carboxylic acids is 1. The highest BCUT2D eigenvalue weighted by atomic mass is 16.4. The van der Waals surface area contributed by atoms with Crippen molar-refractivity contribution < 1.29 is 19.5 Å². The van der Waals surface area contributed by atoms with E-state index >= 15 is 0 Å². The molecule has 20 heavy (non-hydrogen) atoms. The number of hydrazone groups is 1. The van der Waals surface area contributed by atoms with Gasteiger partial charge in [0.1, 0.15) is 5.71 Å². The van der Waals surface area contributed by atoms with E-state index in [4.69, 9.17) is 5.11 Å². The van der Waals surface area contributed by atoms with Crippen LogP contribution >= 0.6 is 0 Å². The Kier molecular flexibility index (Phi) is 4.09. The van der Waals surface area contributed by atoms with E-state index in [1.165, 1.54) is 12.1 Å². The van der Waals surface area contributed by atoms with E-state index in [0.717, 1.165) is 0 Å². The summed E-state index contributed by atoms with van der Waals surface area (Å²) in [6.45, 7) is 0.201. The van der Waals surface area contributed by atoms with Crippen LogP contribution in [0, 0.1) is 0 Å². The molecule has 0 spiro atoms. The van der Waals surface area contributed by atoms with E-state index in [9.17, 15) is 14.4 Å². The van der Waals surface area contributed by atoms with E-state index in [1.807, 2.05) is 0 Å². The second-order valence-corrected chi connectivity index (χ2v) is 4.28. The maximum Gasteiger partial charge on any atom is 0.335 e. The molecule has 0 saturated carbocycles. The number of hydrogen-bond donors (Lipinski definition) is 3. The predicted octanol–water partition coefficient (Wildman–Crippen LogP) is 0.267. The van der Waals surface area contributed by atoms with Crippen LogP contribution < -0.4 is 10.7 Å². The highest BCUT2D eigenvalue weighted by molar-refractivity contribution is 6.39. The van der Waals surface area contributed by atoms with Crippen molar-refractivity contribution in [2.45, 2.75) is 19.4 Å². The fraction of sp³-hybridized carbons (Fsp3) is 0.231.